The zero-order valence-corrected chi connectivity index (χ0v) is 9.55. The van der Waals surface area contributed by atoms with Crippen LogP contribution in [0.25, 0.3) is 0 Å². The van der Waals surface area contributed by atoms with E-state index < -0.39 is 14.5 Å². The first-order valence-corrected chi connectivity index (χ1v) is 3.96. The van der Waals surface area contributed by atoms with Gasteiger partial charge in [-0.1, -0.05) is 4.52 Å². The van der Waals surface area contributed by atoms with Crippen LogP contribution in [0.5, 0.6) is 0 Å². The molecule has 0 N–H and O–H groups in total. The molecule has 1 radical (unpaired) electrons. The zero-order valence-electron chi connectivity index (χ0n) is 6.66. The summed E-state index contributed by atoms with van der Waals surface area (Å²) in [5.74, 6) is 0. The molecule has 0 fully saturated rings. The molecule has 0 aromatic heterocycles. The largest absolute Gasteiger partial charge is 0.510 e. The van der Waals surface area contributed by atoms with Gasteiger partial charge < -0.3 is 9.47 Å². The van der Waals surface area contributed by atoms with Gasteiger partial charge in [-0.05, 0) is 4.57 Å². The third-order valence-corrected chi connectivity index (χ3v) is 1.09. The maximum atomic E-state index is 10.3. The summed E-state index contributed by atoms with van der Waals surface area (Å²) in [6.07, 6.45) is 0. The molecule has 0 aliphatic heterocycles. The van der Waals surface area contributed by atoms with Gasteiger partial charge in [-0.3, -0.25) is 0 Å². The van der Waals surface area contributed by atoms with E-state index in [1.54, 1.807) is 0 Å². The normalized spacial score (nSPS) is 11.0. The van der Waals surface area contributed by atoms with E-state index in [1.807, 2.05) is 0 Å². The molecule has 10 heavy (non-hydrogen) atoms. The first kappa shape index (κ1) is 13.6. The second kappa shape index (κ2) is 8.08. The number of rotatable bonds is 4. The summed E-state index contributed by atoms with van der Waals surface area (Å²) in [5, 5.41) is 0. The molecule has 0 aliphatic rings. The number of hydrogen-bond donors (Lipinski definition) is 0. The molecule has 0 bridgehead atoms. The molecule has 0 amide bonds. The van der Waals surface area contributed by atoms with Gasteiger partial charge in [-0.2, -0.15) is 0 Å². The average molecular weight is 176 g/mol. The van der Waals surface area contributed by atoms with Gasteiger partial charge in [-0.15, -0.1) is 0 Å². The van der Waals surface area contributed by atoms with E-state index in [2.05, 4.69) is 14.0 Å². The maximum absolute atomic E-state index is 10.3. The third-order valence-electron chi connectivity index (χ3n) is 0.619. The topological polar surface area (TPSA) is 44.8 Å². The summed E-state index contributed by atoms with van der Waals surface area (Å²) in [5.41, 5.74) is 0. The van der Waals surface area contributed by atoms with Crippen molar-refractivity contribution in [3.05, 3.63) is 0 Å². The molecule has 0 aromatic carbocycles. The molecule has 0 saturated carbocycles. The van der Waals surface area contributed by atoms with Crippen LogP contribution in [0.3, 0.4) is 0 Å². The summed E-state index contributed by atoms with van der Waals surface area (Å²) in [7, 11) is 1.17. The summed E-state index contributed by atoms with van der Waals surface area (Å²) < 4.78 is 24.1. The van der Waals surface area contributed by atoms with Crippen molar-refractivity contribution in [2.45, 2.75) is 6.48 Å². The molecule has 4 nitrogen and oxygen atoms in total. The van der Waals surface area contributed by atoms with Crippen LogP contribution >= 0.6 is 8.03 Å². The summed E-state index contributed by atoms with van der Waals surface area (Å²) >= 11 is 0. The smallest absolute Gasteiger partial charge is 0.330 e. The van der Waals surface area contributed by atoms with E-state index in [0.717, 1.165) is 0 Å². The SMILES string of the molecule is COC(OC)O[P+](C)=O.[Na]. The van der Waals surface area contributed by atoms with Crippen LogP contribution in [0.2, 0.25) is 0 Å². The zero-order chi connectivity index (χ0) is 7.28. The molecular formula is C4H10NaO4P+. The van der Waals surface area contributed by atoms with E-state index >= 15 is 0 Å². The van der Waals surface area contributed by atoms with Crippen molar-refractivity contribution in [3.8, 4) is 0 Å². The van der Waals surface area contributed by atoms with Gasteiger partial charge in [0, 0.05) is 43.8 Å². The molecule has 55 valence electrons. The minimum atomic E-state index is -1.65. The Kier molecular flexibility index (Phi) is 11.0. The van der Waals surface area contributed by atoms with Crippen molar-refractivity contribution >= 4 is 37.6 Å². The predicted molar refractivity (Wildman–Crippen MR) is 38.2 cm³/mol. The first-order valence-electron chi connectivity index (χ1n) is 2.34. The minimum absolute atomic E-state index is 0. The molecule has 1 atom stereocenters. The van der Waals surface area contributed by atoms with E-state index in [1.165, 1.54) is 20.9 Å². The van der Waals surface area contributed by atoms with Gasteiger partial charge in [0.25, 0.3) is 0 Å². The van der Waals surface area contributed by atoms with E-state index in [9.17, 15) is 4.57 Å². The summed E-state index contributed by atoms with van der Waals surface area (Å²) in [4.78, 5) is 0. The van der Waals surface area contributed by atoms with E-state index in [0.29, 0.717) is 0 Å². The second-order valence-electron chi connectivity index (χ2n) is 1.31. The van der Waals surface area contributed by atoms with Gasteiger partial charge in [0.1, 0.15) is 0 Å². The van der Waals surface area contributed by atoms with Gasteiger partial charge in [0.05, 0.1) is 0 Å². The van der Waals surface area contributed by atoms with Crippen LogP contribution in [0.15, 0.2) is 0 Å². The molecule has 1 unspecified atom stereocenters. The van der Waals surface area contributed by atoms with Gasteiger partial charge >= 0.3 is 14.5 Å². The molecule has 0 aliphatic carbocycles. The van der Waals surface area contributed by atoms with Crippen LogP contribution in [0, 0.1) is 0 Å². The quantitative estimate of drug-likeness (QED) is 0.357. The molecule has 0 aromatic rings. The number of hydrogen-bond acceptors (Lipinski definition) is 4. The first-order chi connectivity index (χ1) is 4.20. The molecule has 0 spiro atoms. The van der Waals surface area contributed by atoms with Crippen LogP contribution in [-0.2, 0) is 18.6 Å². The number of methoxy groups -OCH3 is 2. The Morgan fingerprint density at radius 1 is 1.30 bits per heavy atom. The Labute approximate surface area is 83.4 Å². The Bertz CT molecular complexity index is 95.3. The van der Waals surface area contributed by atoms with Crippen LogP contribution < -0.4 is 0 Å². The van der Waals surface area contributed by atoms with Crippen molar-refractivity contribution in [2.24, 2.45) is 0 Å². The second-order valence-corrected chi connectivity index (χ2v) is 2.40. The summed E-state index contributed by atoms with van der Waals surface area (Å²) in [6.45, 7) is 0.624. The minimum Gasteiger partial charge on any atom is -0.330 e. The van der Waals surface area contributed by atoms with Gasteiger partial charge in [0.2, 0.25) is 0 Å². The molecule has 0 saturated heterocycles. The van der Waals surface area contributed by atoms with Crippen molar-refractivity contribution in [3.63, 3.8) is 0 Å². The fourth-order valence-electron chi connectivity index (χ4n) is 0.303. The Morgan fingerprint density at radius 3 is 1.80 bits per heavy atom. The maximum Gasteiger partial charge on any atom is 0.510 e. The standard InChI is InChI=1S/C4H10O4P.Na/c1-6-4(7-2)8-9(3)5;/h4H,1-3H3;/q+1;. The third kappa shape index (κ3) is 7.09. The fraction of sp³-hybridized carbons (Fsp3) is 1.00. The van der Waals surface area contributed by atoms with Crippen molar-refractivity contribution in [2.75, 3.05) is 20.9 Å². The Balaban J connectivity index is 0. The Hall–Kier alpha value is 0.980. The average Bonchev–Trinajstić information content (AvgIpc) is 1.82. The van der Waals surface area contributed by atoms with Crippen molar-refractivity contribution in [1.29, 1.82) is 0 Å². The van der Waals surface area contributed by atoms with Crippen LogP contribution in [0.4, 0.5) is 0 Å². The molecule has 6 heteroatoms. The summed E-state index contributed by atoms with van der Waals surface area (Å²) in [6, 6.07) is 0. The van der Waals surface area contributed by atoms with Gasteiger partial charge in [0.15, 0.2) is 6.66 Å². The van der Waals surface area contributed by atoms with Gasteiger partial charge in [-0.25, -0.2) is 0 Å². The monoisotopic (exact) mass is 176 g/mol. The molecule has 0 heterocycles. The predicted octanol–water partition coefficient (Wildman–Crippen LogP) is 0.571. The van der Waals surface area contributed by atoms with Crippen LogP contribution in [-0.4, -0.2) is 56.9 Å². The van der Waals surface area contributed by atoms with Crippen LogP contribution in [0.1, 0.15) is 0 Å². The Morgan fingerprint density at radius 2 is 1.70 bits per heavy atom. The van der Waals surface area contributed by atoms with Crippen molar-refractivity contribution in [1.82, 2.24) is 0 Å². The van der Waals surface area contributed by atoms with Crippen molar-refractivity contribution < 1.29 is 18.6 Å². The fourth-order valence-corrected chi connectivity index (χ4v) is 0.718. The van der Waals surface area contributed by atoms with E-state index in [-0.39, 0.29) is 29.6 Å². The molecular weight excluding hydrogens is 166 g/mol. The molecule has 0 rings (SSSR count). The number of ether oxygens (including phenoxy) is 2. The van der Waals surface area contributed by atoms with E-state index in [4.69, 9.17) is 0 Å².